The summed E-state index contributed by atoms with van der Waals surface area (Å²) in [6.07, 6.45) is 3.63. The monoisotopic (exact) mass is 223 g/mol. The second-order valence-electron chi connectivity index (χ2n) is 3.32. The van der Waals surface area contributed by atoms with Crippen molar-refractivity contribution in [1.29, 1.82) is 0 Å². The summed E-state index contributed by atoms with van der Waals surface area (Å²) < 4.78 is 1.96. The van der Waals surface area contributed by atoms with Gasteiger partial charge in [-0.25, -0.2) is 4.98 Å². The lowest BCUT2D eigenvalue weighted by molar-refractivity contribution is 0.254. The number of nitrogens with zero attached hydrogens (tertiary/aromatic N) is 2. The average Bonchev–Trinajstić information content (AvgIpc) is 2.86. The highest BCUT2D eigenvalue weighted by atomic mass is 32.1. The van der Waals surface area contributed by atoms with Gasteiger partial charge in [-0.1, -0.05) is 6.07 Å². The van der Waals surface area contributed by atoms with Gasteiger partial charge in [-0.15, -0.1) is 11.3 Å². The summed E-state index contributed by atoms with van der Waals surface area (Å²) >= 11 is 1.64. The van der Waals surface area contributed by atoms with Crippen LogP contribution in [0.15, 0.2) is 29.9 Å². The second-order valence-corrected chi connectivity index (χ2v) is 4.27. The standard InChI is InChI=1S/C10H13N3OS/c11-8(7-14)6-13-4-3-12-10(13)9-2-1-5-15-9/h1-5,8,14H,6-7,11H2. The van der Waals surface area contributed by atoms with Crippen LogP contribution in [0.3, 0.4) is 0 Å². The predicted octanol–water partition coefficient (Wildman–Crippen LogP) is 0.931. The molecule has 2 rings (SSSR count). The molecule has 0 aliphatic rings. The molecule has 4 nitrogen and oxygen atoms in total. The van der Waals surface area contributed by atoms with Crippen molar-refractivity contribution in [3.63, 3.8) is 0 Å². The first kappa shape index (κ1) is 10.4. The number of thiophene rings is 1. The molecular weight excluding hydrogens is 210 g/mol. The van der Waals surface area contributed by atoms with Crippen LogP contribution in [0, 0.1) is 0 Å². The molecule has 1 unspecified atom stereocenters. The van der Waals surface area contributed by atoms with Crippen LogP contribution in [-0.2, 0) is 6.54 Å². The van der Waals surface area contributed by atoms with Gasteiger partial charge in [-0.3, -0.25) is 0 Å². The molecule has 2 aromatic heterocycles. The fourth-order valence-electron chi connectivity index (χ4n) is 1.40. The molecule has 0 saturated carbocycles. The Kier molecular flexibility index (Phi) is 3.15. The van der Waals surface area contributed by atoms with Crippen LogP contribution in [0.4, 0.5) is 0 Å². The van der Waals surface area contributed by atoms with E-state index in [1.165, 1.54) is 0 Å². The molecule has 0 amide bonds. The quantitative estimate of drug-likeness (QED) is 0.810. The lowest BCUT2D eigenvalue weighted by Crippen LogP contribution is -2.29. The zero-order valence-electron chi connectivity index (χ0n) is 8.21. The minimum Gasteiger partial charge on any atom is -0.395 e. The van der Waals surface area contributed by atoms with E-state index in [0.29, 0.717) is 6.54 Å². The molecule has 3 N–H and O–H groups in total. The summed E-state index contributed by atoms with van der Waals surface area (Å²) in [6.45, 7) is 0.575. The Bertz CT molecular complexity index is 410. The first-order chi connectivity index (χ1) is 7.31. The van der Waals surface area contributed by atoms with E-state index < -0.39 is 0 Å². The van der Waals surface area contributed by atoms with Gasteiger partial charge in [0.05, 0.1) is 11.5 Å². The van der Waals surface area contributed by atoms with Crippen molar-refractivity contribution in [3.8, 4) is 10.7 Å². The van der Waals surface area contributed by atoms with Crippen LogP contribution in [0.2, 0.25) is 0 Å². The Balaban J connectivity index is 2.23. The zero-order chi connectivity index (χ0) is 10.7. The average molecular weight is 223 g/mol. The number of aliphatic hydroxyl groups is 1. The van der Waals surface area contributed by atoms with Crippen LogP contribution < -0.4 is 5.73 Å². The number of imidazole rings is 1. The van der Waals surface area contributed by atoms with Gasteiger partial charge < -0.3 is 15.4 Å². The number of aromatic nitrogens is 2. The van der Waals surface area contributed by atoms with Gasteiger partial charge in [0.25, 0.3) is 0 Å². The van der Waals surface area contributed by atoms with Crippen molar-refractivity contribution in [2.75, 3.05) is 6.61 Å². The van der Waals surface area contributed by atoms with E-state index in [0.717, 1.165) is 10.7 Å². The maximum atomic E-state index is 8.90. The smallest absolute Gasteiger partial charge is 0.150 e. The topological polar surface area (TPSA) is 64.1 Å². The highest BCUT2D eigenvalue weighted by Gasteiger charge is 2.09. The predicted molar refractivity (Wildman–Crippen MR) is 60.6 cm³/mol. The fourth-order valence-corrected chi connectivity index (χ4v) is 2.13. The van der Waals surface area contributed by atoms with Crippen molar-refractivity contribution in [2.24, 2.45) is 5.73 Å². The normalized spacial score (nSPS) is 12.9. The van der Waals surface area contributed by atoms with Gasteiger partial charge in [0, 0.05) is 25.0 Å². The number of hydrogen-bond donors (Lipinski definition) is 2. The van der Waals surface area contributed by atoms with Crippen molar-refractivity contribution < 1.29 is 5.11 Å². The van der Waals surface area contributed by atoms with E-state index in [9.17, 15) is 0 Å². The molecule has 2 aromatic rings. The molecule has 0 aliphatic heterocycles. The molecule has 0 radical (unpaired) electrons. The largest absolute Gasteiger partial charge is 0.395 e. The Labute approximate surface area is 92.0 Å². The second kappa shape index (κ2) is 4.57. The number of rotatable bonds is 4. The zero-order valence-corrected chi connectivity index (χ0v) is 9.02. The van der Waals surface area contributed by atoms with Crippen LogP contribution in [-0.4, -0.2) is 27.3 Å². The van der Waals surface area contributed by atoms with E-state index in [1.807, 2.05) is 28.3 Å². The Morgan fingerprint density at radius 3 is 3.13 bits per heavy atom. The van der Waals surface area contributed by atoms with Gasteiger partial charge >= 0.3 is 0 Å². The third-order valence-corrected chi connectivity index (χ3v) is 2.99. The molecular formula is C10H13N3OS. The minimum atomic E-state index is -0.238. The number of hydrogen-bond acceptors (Lipinski definition) is 4. The summed E-state index contributed by atoms with van der Waals surface area (Å²) in [5.74, 6) is 0.911. The van der Waals surface area contributed by atoms with Gasteiger partial charge in [0.2, 0.25) is 0 Å². The number of nitrogens with two attached hydrogens (primary N) is 1. The van der Waals surface area contributed by atoms with Crippen LogP contribution in [0.5, 0.6) is 0 Å². The molecule has 15 heavy (non-hydrogen) atoms. The number of aliphatic hydroxyl groups excluding tert-OH is 1. The molecule has 0 aliphatic carbocycles. The summed E-state index contributed by atoms with van der Waals surface area (Å²) in [4.78, 5) is 5.40. The summed E-state index contributed by atoms with van der Waals surface area (Å²) in [6, 6.07) is 3.77. The van der Waals surface area contributed by atoms with E-state index in [-0.39, 0.29) is 12.6 Å². The highest BCUT2D eigenvalue weighted by Crippen LogP contribution is 2.22. The van der Waals surface area contributed by atoms with E-state index in [1.54, 1.807) is 17.5 Å². The molecule has 80 valence electrons. The van der Waals surface area contributed by atoms with Gasteiger partial charge in [-0.05, 0) is 11.4 Å². The molecule has 1 atom stereocenters. The molecule has 0 fully saturated rings. The molecule has 0 bridgehead atoms. The van der Waals surface area contributed by atoms with Gasteiger partial charge in [-0.2, -0.15) is 0 Å². The first-order valence-electron chi connectivity index (χ1n) is 4.72. The van der Waals surface area contributed by atoms with E-state index >= 15 is 0 Å². The van der Waals surface area contributed by atoms with Crippen LogP contribution in [0.25, 0.3) is 10.7 Å². The lowest BCUT2D eigenvalue weighted by Gasteiger charge is -2.11. The van der Waals surface area contributed by atoms with E-state index in [4.69, 9.17) is 10.8 Å². The SMILES string of the molecule is NC(CO)Cn1ccnc1-c1cccs1. The highest BCUT2D eigenvalue weighted by molar-refractivity contribution is 7.13. The van der Waals surface area contributed by atoms with Crippen molar-refractivity contribution in [1.82, 2.24) is 9.55 Å². The van der Waals surface area contributed by atoms with Gasteiger partial charge in [0.15, 0.2) is 0 Å². The third-order valence-electron chi connectivity index (χ3n) is 2.12. The fraction of sp³-hybridized carbons (Fsp3) is 0.300. The molecule has 0 saturated heterocycles. The van der Waals surface area contributed by atoms with Gasteiger partial charge in [0.1, 0.15) is 5.82 Å². The Morgan fingerprint density at radius 1 is 1.60 bits per heavy atom. The van der Waals surface area contributed by atoms with Crippen molar-refractivity contribution in [3.05, 3.63) is 29.9 Å². The molecule has 0 aromatic carbocycles. The maximum Gasteiger partial charge on any atom is 0.150 e. The minimum absolute atomic E-state index is 0.0118. The molecule has 2 heterocycles. The summed E-state index contributed by atoms with van der Waals surface area (Å²) in [7, 11) is 0. The van der Waals surface area contributed by atoms with Crippen molar-refractivity contribution in [2.45, 2.75) is 12.6 Å². The maximum absolute atomic E-state index is 8.90. The van der Waals surface area contributed by atoms with Crippen LogP contribution >= 0.6 is 11.3 Å². The summed E-state index contributed by atoms with van der Waals surface area (Å²) in [5, 5.41) is 10.9. The summed E-state index contributed by atoms with van der Waals surface area (Å²) in [5.41, 5.74) is 5.69. The van der Waals surface area contributed by atoms with Crippen molar-refractivity contribution >= 4 is 11.3 Å². The third kappa shape index (κ3) is 2.26. The Morgan fingerprint density at radius 2 is 2.47 bits per heavy atom. The molecule has 5 heteroatoms. The van der Waals surface area contributed by atoms with E-state index in [2.05, 4.69) is 4.98 Å². The van der Waals surface area contributed by atoms with Crippen LogP contribution in [0.1, 0.15) is 0 Å². The molecule has 0 spiro atoms. The lowest BCUT2D eigenvalue weighted by atomic mass is 10.3. The first-order valence-corrected chi connectivity index (χ1v) is 5.60. The Hall–Kier alpha value is -1.17.